The summed E-state index contributed by atoms with van der Waals surface area (Å²) < 4.78 is 26.6. The molecule has 0 unspecified atom stereocenters. The monoisotopic (exact) mass is 512 g/mol. The lowest BCUT2D eigenvalue weighted by Gasteiger charge is -2.01. The predicted octanol–water partition coefficient (Wildman–Crippen LogP) is 5.82. The molecule has 0 saturated heterocycles. The molecule has 37 heavy (non-hydrogen) atoms. The van der Waals surface area contributed by atoms with Crippen LogP contribution in [0, 0.1) is 20.2 Å². The molecule has 0 fully saturated rings. The third-order valence-corrected chi connectivity index (χ3v) is 7.57. The lowest BCUT2D eigenvalue weighted by molar-refractivity contribution is -0.385. The van der Waals surface area contributed by atoms with E-state index < -0.39 is 19.7 Å². The predicted molar refractivity (Wildman–Crippen MR) is 138 cm³/mol. The third-order valence-electron chi connectivity index (χ3n) is 5.73. The van der Waals surface area contributed by atoms with Crippen molar-refractivity contribution in [3.8, 4) is 11.1 Å². The Kier molecular flexibility index (Phi) is 5.90. The van der Waals surface area contributed by atoms with Crippen molar-refractivity contribution in [2.45, 2.75) is 9.79 Å². The Balaban J connectivity index is 1.40. The zero-order valence-electron chi connectivity index (χ0n) is 18.9. The van der Waals surface area contributed by atoms with Gasteiger partial charge in [-0.2, -0.15) is 0 Å². The Morgan fingerprint density at radius 1 is 0.595 bits per heavy atom. The summed E-state index contributed by atoms with van der Waals surface area (Å²) in [7, 11) is -3.80. The van der Waals surface area contributed by atoms with Crippen molar-refractivity contribution in [2.24, 2.45) is 9.98 Å². The summed E-state index contributed by atoms with van der Waals surface area (Å²) in [6, 6.07) is 21.5. The standard InChI is InChI=1S/C26H16N4O6S/c31-29(32)21-7-1-17(2-8-21)15-27-19-5-11-23-24-12-6-20(14-26(24)37(35,36)25(23)13-19)28-16-18-3-9-22(10-4-18)30(33)34/h1-16H. The molecule has 10 nitrogen and oxygen atoms in total. The Labute approximate surface area is 210 Å². The van der Waals surface area contributed by atoms with Gasteiger partial charge in [-0.25, -0.2) is 8.42 Å². The lowest BCUT2D eigenvalue weighted by Crippen LogP contribution is -1.96. The van der Waals surface area contributed by atoms with E-state index in [1.54, 1.807) is 48.5 Å². The average molecular weight is 513 g/mol. The summed E-state index contributed by atoms with van der Waals surface area (Å²) in [5.41, 5.74) is 3.17. The quantitative estimate of drug-likeness (QED) is 0.159. The maximum absolute atomic E-state index is 13.3. The van der Waals surface area contributed by atoms with Crippen LogP contribution in [0.25, 0.3) is 11.1 Å². The lowest BCUT2D eigenvalue weighted by atomic mass is 10.1. The van der Waals surface area contributed by atoms with E-state index in [1.165, 1.54) is 48.8 Å². The van der Waals surface area contributed by atoms with E-state index in [4.69, 9.17) is 0 Å². The van der Waals surface area contributed by atoms with E-state index in [1.807, 2.05) is 0 Å². The molecule has 0 amide bonds. The average Bonchev–Trinajstić information content (AvgIpc) is 3.12. The van der Waals surface area contributed by atoms with Gasteiger partial charge in [0.1, 0.15) is 0 Å². The van der Waals surface area contributed by atoms with Crippen LogP contribution in [0.2, 0.25) is 0 Å². The zero-order valence-corrected chi connectivity index (χ0v) is 19.7. The van der Waals surface area contributed by atoms with Gasteiger partial charge in [-0.15, -0.1) is 0 Å². The fourth-order valence-electron chi connectivity index (χ4n) is 3.85. The Hall–Kier alpha value is -5.03. The van der Waals surface area contributed by atoms with Crippen molar-refractivity contribution in [1.29, 1.82) is 0 Å². The highest BCUT2D eigenvalue weighted by Gasteiger charge is 2.33. The normalized spacial score (nSPS) is 13.5. The van der Waals surface area contributed by atoms with Crippen LogP contribution in [0.15, 0.2) is 105 Å². The highest BCUT2D eigenvalue weighted by Crippen LogP contribution is 2.45. The molecule has 0 spiro atoms. The van der Waals surface area contributed by atoms with Crippen molar-refractivity contribution in [3.05, 3.63) is 116 Å². The second-order valence-electron chi connectivity index (χ2n) is 8.08. The first-order valence-corrected chi connectivity index (χ1v) is 12.3. The molecular formula is C26H16N4O6S. The molecule has 182 valence electrons. The second kappa shape index (κ2) is 9.21. The molecule has 4 aromatic rings. The molecule has 0 N–H and O–H groups in total. The smallest absolute Gasteiger partial charge is 0.258 e. The molecule has 1 aliphatic heterocycles. The first-order chi connectivity index (χ1) is 17.7. The molecule has 0 radical (unpaired) electrons. The van der Waals surface area contributed by atoms with Crippen LogP contribution in [-0.4, -0.2) is 30.7 Å². The number of nitrogens with zero attached hydrogens (tertiary/aromatic N) is 4. The number of nitro benzene ring substituents is 2. The zero-order chi connectivity index (χ0) is 26.2. The van der Waals surface area contributed by atoms with Gasteiger partial charge < -0.3 is 0 Å². The maximum atomic E-state index is 13.3. The minimum Gasteiger partial charge on any atom is -0.258 e. The number of rotatable bonds is 6. The number of aliphatic imine (C=N–C) groups is 2. The number of fused-ring (bicyclic) bond motifs is 3. The highest BCUT2D eigenvalue weighted by molar-refractivity contribution is 7.92. The molecular weight excluding hydrogens is 496 g/mol. The van der Waals surface area contributed by atoms with Crippen LogP contribution in [0.4, 0.5) is 22.7 Å². The van der Waals surface area contributed by atoms with Crippen molar-refractivity contribution >= 4 is 45.0 Å². The van der Waals surface area contributed by atoms with Crippen LogP contribution in [0.5, 0.6) is 0 Å². The van der Waals surface area contributed by atoms with Crippen LogP contribution in [0.3, 0.4) is 0 Å². The number of hydrogen-bond acceptors (Lipinski definition) is 8. The maximum Gasteiger partial charge on any atom is 0.269 e. The van der Waals surface area contributed by atoms with Crippen molar-refractivity contribution in [3.63, 3.8) is 0 Å². The minimum atomic E-state index is -3.80. The Morgan fingerprint density at radius 2 is 0.973 bits per heavy atom. The largest absolute Gasteiger partial charge is 0.269 e. The molecule has 1 heterocycles. The number of hydrogen-bond donors (Lipinski definition) is 0. The Bertz CT molecular complexity index is 1610. The van der Waals surface area contributed by atoms with Crippen molar-refractivity contribution < 1.29 is 18.3 Å². The van der Waals surface area contributed by atoms with Gasteiger partial charge in [0, 0.05) is 47.8 Å². The molecule has 0 aromatic heterocycles. The van der Waals surface area contributed by atoms with E-state index in [9.17, 15) is 28.6 Å². The van der Waals surface area contributed by atoms with Gasteiger partial charge in [-0.1, -0.05) is 12.1 Å². The van der Waals surface area contributed by atoms with Crippen LogP contribution < -0.4 is 0 Å². The molecule has 0 bridgehead atoms. The van der Waals surface area contributed by atoms with E-state index in [0.717, 1.165) is 0 Å². The van der Waals surface area contributed by atoms with Gasteiger partial charge in [-0.3, -0.25) is 30.2 Å². The molecule has 1 aliphatic rings. The molecule has 0 aliphatic carbocycles. The van der Waals surface area contributed by atoms with Gasteiger partial charge in [-0.05, 0) is 59.7 Å². The summed E-state index contributed by atoms with van der Waals surface area (Å²) in [6.07, 6.45) is 3.01. The number of non-ortho nitro benzene ring substituents is 2. The fourth-order valence-corrected chi connectivity index (χ4v) is 5.58. The van der Waals surface area contributed by atoms with Crippen LogP contribution in [0.1, 0.15) is 11.1 Å². The van der Waals surface area contributed by atoms with E-state index in [2.05, 4.69) is 9.98 Å². The van der Waals surface area contributed by atoms with Crippen LogP contribution >= 0.6 is 0 Å². The van der Waals surface area contributed by atoms with E-state index >= 15 is 0 Å². The van der Waals surface area contributed by atoms with Gasteiger partial charge in [0.25, 0.3) is 11.4 Å². The molecule has 4 aromatic carbocycles. The van der Waals surface area contributed by atoms with Gasteiger partial charge in [0.2, 0.25) is 9.84 Å². The third kappa shape index (κ3) is 4.62. The minimum absolute atomic E-state index is 0.0324. The number of nitro groups is 2. The topological polar surface area (TPSA) is 145 Å². The van der Waals surface area contributed by atoms with E-state index in [0.29, 0.717) is 33.6 Å². The Morgan fingerprint density at radius 3 is 1.32 bits per heavy atom. The summed E-state index contributed by atoms with van der Waals surface area (Å²) >= 11 is 0. The molecule has 5 rings (SSSR count). The van der Waals surface area contributed by atoms with Crippen molar-refractivity contribution in [2.75, 3.05) is 0 Å². The molecule has 0 saturated carbocycles. The van der Waals surface area contributed by atoms with Gasteiger partial charge >= 0.3 is 0 Å². The first kappa shape index (κ1) is 23.7. The summed E-state index contributed by atoms with van der Waals surface area (Å²) in [4.78, 5) is 29.5. The molecule has 0 atom stereocenters. The summed E-state index contributed by atoms with van der Waals surface area (Å²) in [6.45, 7) is 0. The highest BCUT2D eigenvalue weighted by atomic mass is 32.2. The van der Waals surface area contributed by atoms with Crippen molar-refractivity contribution in [1.82, 2.24) is 0 Å². The van der Waals surface area contributed by atoms with Gasteiger partial charge in [0.15, 0.2) is 0 Å². The summed E-state index contributed by atoms with van der Waals surface area (Å²) in [5.74, 6) is 0. The number of benzene rings is 4. The first-order valence-electron chi connectivity index (χ1n) is 10.8. The van der Waals surface area contributed by atoms with E-state index in [-0.39, 0.29) is 21.2 Å². The second-order valence-corrected chi connectivity index (χ2v) is 9.96. The summed E-state index contributed by atoms with van der Waals surface area (Å²) in [5, 5.41) is 21.6. The van der Waals surface area contributed by atoms with Crippen LogP contribution in [-0.2, 0) is 9.84 Å². The van der Waals surface area contributed by atoms with Gasteiger partial charge in [0.05, 0.1) is 31.0 Å². The number of sulfone groups is 1. The molecule has 11 heteroatoms. The SMILES string of the molecule is O=[N+]([O-])c1ccc(C=Nc2ccc3c(c2)S(=O)(=O)c2cc(N=Cc4ccc([N+](=O)[O-])cc4)ccc2-3)cc1. The fraction of sp³-hybridized carbons (Fsp3) is 0.